The number of hydrogen-bond acceptors (Lipinski definition) is 5. The Morgan fingerprint density at radius 3 is 2.58 bits per heavy atom. The molecule has 0 radical (unpaired) electrons. The second-order valence-corrected chi connectivity index (χ2v) is 8.23. The molecule has 1 aliphatic rings. The first-order valence-electron chi connectivity index (χ1n) is 9.66. The Morgan fingerprint density at radius 2 is 1.90 bits per heavy atom. The van der Waals surface area contributed by atoms with Gasteiger partial charge in [0, 0.05) is 5.69 Å². The fourth-order valence-electron chi connectivity index (χ4n) is 3.35. The minimum atomic E-state index is -1.16. The van der Waals surface area contributed by atoms with Crippen LogP contribution in [-0.2, 0) is 15.1 Å². The van der Waals surface area contributed by atoms with Crippen LogP contribution in [0.5, 0.6) is 11.5 Å². The summed E-state index contributed by atoms with van der Waals surface area (Å²) in [7, 11) is 0. The molecule has 1 atom stereocenters. The van der Waals surface area contributed by atoms with Gasteiger partial charge in [-0.1, -0.05) is 12.1 Å². The van der Waals surface area contributed by atoms with Gasteiger partial charge in [-0.15, -0.1) is 0 Å². The van der Waals surface area contributed by atoms with Crippen molar-refractivity contribution in [2.45, 2.75) is 19.4 Å². The fourth-order valence-corrected chi connectivity index (χ4v) is 4.12. The molecule has 1 aliphatic heterocycles. The monoisotopic (exact) mass is 435 g/mol. The molecule has 2 aromatic carbocycles. The Hall–Kier alpha value is -3.65. The van der Waals surface area contributed by atoms with E-state index in [2.05, 4.69) is 10.6 Å². The number of nitrogens with zero attached hydrogens (tertiary/aromatic N) is 1. The molecule has 7 nitrogen and oxygen atoms in total. The maximum absolute atomic E-state index is 12.8. The molecule has 4 rings (SSSR count). The number of thiophene rings is 1. The molecule has 1 saturated heterocycles. The molecule has 8 heteroatoms. The number of carbonyl (C=O) groups is 3. The van der Waals surface area contributed by atoms with Crippen LogP contribution in [0.15, 0.2) is 65.4 Å². The summed E-state index contributed by atoms with van der Waals surface area (Å²) in [6.45, 7) is 3.26. The standard InChI is InChI=1S/C23H21N3O4S/c1-15-4-3-5-19(12-15)30-18-8-6-17(7-9-18)24-20(27)13-26-21(28)23(2,25-22(26)29)16-10-11-31-14-16/h3-12,14H,13H2,1-2H3,(H,24,27)(H,25,29). The highest BCUT2D eigenvalue weighted by molar-refractivity contribution is 7.08. The van der Waals surface area contributed by atoms with Crippen LogP contribution < -0.4 is 15.4 Å². The van der Waals surface area contributed by atoms with Crippen LogP contribution in [0.3, 0.4) is 0 Å². The van der Waals surface area contributed by atoms with E-state index in [-0.39, 0.29) is 6.54 Å². The van der Waals surface area contributed by atoms with Crippen molar-refractivity contribution in [3.8, 4) is 11.5 Å². The van der Waals surface area contributed by atoms with Gasteiger partial charge in [0.05, 0.1) is 0 Å². The van der Waals surface area contributed by atoms with Gasteiger partial charge in [0.25, 0.3) is 5.91 Å². The van der Waals surface area contributed by atoms with Gasteiger partial charge in [0.1, 0.15) is 23.6 Å². The van der Waals surface area contributed by atoms with Gasteiger partial charge in [-0.25, -0.2) is 4.79 Å². The number of anilines is 1. The van der Waals surface area contributed by atoms with Crippen molar-refractivity contribution in [1.29, 1.82) is 0 Å². The number of ether oxygens (including phenoxy) is 1. The Labute approximate surface area is 183 Å². The SMILES string of the molecule is Cc1cccc(Oc2ccc(NC(=O)CN3C(=O)NC(C)(c4ccsc4)C3=O)cc2)c1. The van der Waals surface area contributed by atoms with Crippen LogP contribution in [0.4, 0.5) is 10.5 Å². The normalized spacial score (nSPS) is 18.1. The van der Waals surface area contributed by atoms with E-state index in [1.165, 1.54) is 11.3 Å². The highest BCUT2D eigenvalue weighted by Crippen LogP contribution is 2.30. The number of imide groups is 1. The van der Waals surface area contributed by atoms with Crippen molar-refractivity contribution in [3.05, 3.63) is 76.5 Å². The first kappa shape index (κ1) is 20.6. The predicted molar refractivity (Wildman–Crippen MR) is 118 cm³/mol. The van der Waals surface area contributed by atoms with E-state index in [9.17, 15) is 14.4 Å². The molecule has 2 heterocycles. The molecule has 1 aromatic heterocycles. The average molecular weight is 436 g/mol. The highest BCUT2D eigenvalue weighted by atomic mass is 32.1. The van der Waals surface area contributed by atoms with Crippen molar-refractivity contribution < 1.29 is 19.1 Å². The number of carbonyl (C=O) groups excluding carboxylic acids is 3. The van der Waals surface area contributed by atoms with E-state index in [4.69, 9.17) is 4.74 Å². The van der Waals surface area contributed by atoms with Crippen LogP contribution >= 0.6 is 11.3 Å². The van der Waals surface area contributed by atoms with Gasteiger partial charge < -0.3 is 15.4 Å². The first-order chi connectivity index (χ1) is 14.8. The lowest BCUT2D eigenvalue weighted by molar-refractivity contribution is -0.133. The van der Waals surface area contributed by atoms with E-state index >= 15 is 0 Å². The molecule has 0 bridgehead atoms. The summed E-state index contributed by atoms with van der Waals surface area (Å²) >= 11 is 1.44. The van der Waals surface area contributed by atoms with Gasteiger partial charge in [0.2, 0.25) is 5.91 Å². The fraction of sp³-hybridized carbons (Fsp3) is 0.174. The molecule has 4 amide bonds. The van der Waals surface area contributed by atoms with Crippen LogP contribution in [0.1, 0.15) is 18.1 Å². The maximum Gasteiger partial charge on any atom is 0.325 e. The second kappa shape index (κ2) is 8.23. The number of amides is 4. The zero-order chi connectivity index (χ0) is 22.0. The van der Waals surface area contributed by atoms with E-state index in [1.54, 1.807) is 37.3 Å². The van der Waals surface area contributed by atoms with Crippen LogP contribution in [0, 0.1) is 6.92 Å². The number of nitrogens with one attached hydrogen (secondary N) is 2. The Morgan fingerprint density at radius 1 is 1.13 bits per heavy atom. The van der Waals surface area contributed by atoms with Gasteiger partial charge >= 0.3 is 6.03 Å². The van der Waals surface area contributed by atoms with E-state index < -0.39 is 23.4 Å². The van der Waals surface area contributed by atoms with E-state index in [1.807, 2.05) is 41.9 Å². The number of aryl methyl sites for hydroxylation is 1. The predicted octanol–water partition coefficient (Wildman–Crippen LogP) is 4.25. The molecular formula is C23H21N3O4S. The smallest absolute Gasteiger partial charge is 0.325 e. The third-order valence-electron chi connectivity index (χ3n) is 5.04. The molecule has 3 aromatic rings. The Bertz CT molecular complexity index is 1130. The molecule has 31 heavy (non-hydrogen) atoms. The van der Waals surface area contributed by atoms with Crippen LogP contribution in [0.2, 0.25) is 0 Å². The molecule has 1 fully saturated rings. The van der Waals surface area contributed by atoms with Gasteiger partial charge in [0.15, 0.2) is 0 Å². The third-order valence-corrected chi connectivity index (χ3v) is 5.72. The molecule has 0 aliphatic carbocycles. The highest BCUT2D eigenvalue weighted by Gasteiger charge is 2.49. The zero-order valence-corrected chi connectivity index (χ0v) is 17.9. The minimum Gasteiger partial charge on any atom is -0.457 e. The third kappa shape index (κ3) is 4.29. The largest absolute Gasteiger partial charge is 0.457 e. The lowest BCUT2D eigenvalue weighted by Crippen LogP contribution is -2.41. The average Bonchev–Trinajstić information content (AvgIpc) is 3.34. The summed E-state index contributed by atoms with van der Waals surface area (Å²) < 4.78 is 5.80. The van der Waals surface area contributed by atoms with Gasteiger partial charge in [-0.05, 0) is 78.2 Å². The first-order valence-corrected chi connectivity index (χ1v) is 10.6. The minimum absolute atomic E-state index is 0.369. The van der Waals surface area contributed by atoms with Crippen molar-refractivity contribution in [3.63, 3.8) is 0 Å². The summed E-state index contributed by atoms with van der Waals surface area (Å²) in [5.41, 5.74) is 1.17. The number of urea groups is 1. The summed E-state index contributed by atoms with van der Waals surface area (Å²) in [6.07, 6.45) is 0. The lowest BCUT2D eigenvalue weighted by Gasteiger charge is -2.20. The van der Waals surface area contributed by atoms with E-state index in [0.29, 0.717) is 17.0 Å². The van der Waals surface area contributed by atoms with Gasteiger partial charge in [-0.3, -0.25) is 14.5 Å². The van der Waals surface area contributed by atoms with Crippen LogP contribution in [0.25, 0.3) is 0 Å². The molecule has 158 valence electrons. The van der Waals surface area contributed by atoms with E-state index in [0.717, 1.165) is 16.2 Å². The number of benzene rings is 2. The summed E-state index contributed by atoms with van der Waals surface area (Å²) in [5.74, 6) is 0.437. The van der Waals surface area contributed by atoms with Crippen molar-refractivity contribution in [1.82, 2.24) is 10.2 Å². The number of rotatable bonds is 6. The van der Waals surface area contributed by atoms with Gasteiger partial charge in [-0.2, -0.15) is 11.3 Å². The van der Waals surface area contributed by atoms with Crippen molar-refractivity contribution in [2.75, 3.05) is 11.9 Å². The zero-order valence-electron chi connectivity index (χ0n) is 17.0. The number of hydrogen-bond donors (Lipinski definition) is 2. The maximum atomic E-state index is 12.8. The van der Waals surface area contributed by atoms with Crippen molar-refractivity contribution >= 4 is 34.9 Å². The van der Waals surface area contributed by atoms with Crippen LogP contribution in [-0.4, -0.2) is 29.3 Å². The molecule has 2 N–H and O–H groups in total. The molecule has 1 unspecified atom stereocenters. The van der Waals surface area contributed by atoms with Crippen molar-refractivity contribution in [2.24, 2.45) is 0 Å². The summed E-state index contributed by atoms with van der Waals surface area (Å²) in [5, 5.41) is 9.03. The Balaban J connectivity index is 1.37. The Kier molecular flexibility index (Phi) is 5.48. The quantitative estimate of drug-likeness (QED) is 0.567. The summed E-state index contributed by atoms with van der Waals surface area (Å²) in [4.78, 5) is 38.5. The lowest BCUT2D eigenvalue weighted by atomic mass is 9.95. The summed E-state index contributed by atoms with van der Waals surface area (Å²) in [6, 6.07) is 15.8. The molecule has 0 spiro atoms. The second-order valence-electron chi connectivity index (χ2n) is 7.45. The molecular weight excluding hydrogens is 414 g/mol. The molecule has 0 saturated carbocycles. The topological polar surface area (TPSA) is 87.7 Å².